The molecule has 7 nitrogen and oxygen atoms in total. The molecule has 0 aromatic heterocycles. The second-order valence-electron chi connectivity index (χ2n) is 8.41. The summed E-state index contributed by atoms with van der Waals surface area (Å²) < 4.78 is 11.9. The van der Waals surface area contributed by atoms with E-state index in [0.717, 1.165) is 23.5 Å². The molecule has 33 heavy (non-hydrogen) atoms. The molecule has 3 aromatic carbocycles. The van der Waals surface area contributed by atoms with Crippen LogP contribution in [-0.4, -0.2) is 26.0 Å². The molecule has 3 aromatic rings. The molecule has 0 saturated carbocycles. The zero-order chi connectivity index (χ0) is 22.8. The Morgan fingerprint density at radius 2 is 1.85 bits per heavy atom. The van der Waals surface area contributed by atoms with Gasteiger partial charge in [-0.3, -0.25) is 5.32 Å². The van der Waals surface area contributed by atoms with Crippen molar-refractivity contribution in [3.8, 4) is 5.75 Å². The highest BCUT2D eigenvalue weighted by Crippen LogP contribution is 2.36. The van der Waals surface area contributed by atoms with Crippen molar-refractivity contribution in [2.75, 3.05) is 23.9 Å². The number of benzene rings is 3. The van der Waals surface area contributed by atoms with E-state index >= 15 is 0 Å². The maximum atomic E-state index is 6.45. The van der Waals surface area contributed by atoms with Gasteiger partial charge in [-0.05, 0) is 37.6 Å². The molecule has 2 aliphatic heterocycles. The van der Waals surface area contributed by atoms with E-state index in [4.69, 9.17) is 9.47 Å². The van der Waals surface area contributed by atoms with E-state index in [1.807, 2.05) is 24.3 Å². The van der Waals surface area contributed by atoms with E-state index in [-0.39, 0.29) is 24.8 Å². The second-order valence-corrected chi connectivity index (χ2v) is 8.41. The number of likely N-dealkylation sites (N-methyl/N-ethyl adjacent to an activating group) is 1. The van der Waals surface area contributed by atoms with Gasteiger partial charge in [0.25, 0.3) is 0 Å². The fourth-order valence-electron chi connectivity index (χ4n) is 4.63. The van der Waals surface area contributed by atoms with Crippen LogP contribution in [0.15, 0.2) is 72.8 Å². The molecule has 0 aliphatic carbocycles. The lowest BCUT2D eigenvalue weighted by molar-refractivity contribution is 0.00869. The number of anilines is 2. The Morgan fingerprint density at radius 1 is 1.00 bits per heavy atom. The lowest BCUT2D eigenvalue weighted by Crippen LogP contribution is -2.61. The normalized spacial score (nSPS) is 24.4. The summed E-state index contributed by atoms with van der Waals surface area (Å²) in [5.74, 6) is 0.821. The maximum Gasteiger partial charge on any atom is 0.157 e. The minimum absolute atomic E-state index is 0.0877. The van der Waals surface area contributed by atoms with Crippen LogP contribution in [0.5, 0.6) is 5.75 Å². The standard InChI is InChI=1S/C26H31N5O2/c1-4-31-22-14-6-5-13-21(22)23(27-19-11-8-12-20(16-19)32-3)28-24(31)26-30-29-25(33-26)18-10-7-9-17(2)15-18/h5-16,23-30H,4H2,1-3H3. The van der Waals surface area contributed by atoms with Crippen LogP contribution in [0.25, 0.3) is 0 Å². The van der Waals surface area contributed by atoms with E-state index in [0.29, 0.717) is 0 Å². The third kappa shape index (κ3) is 4.41. The van der Waals surface area contributed by atoms with Crippen molar-refractivity contribution in [2.24, 2.45) is 0 Å². The first-order chi connectivity index (χ1) is 16.2. The number of hydrazine groups is 1. The quantitative estimate of drug-likeness (QED) is 0.457. The van der Waals surface area contributed by atoms with Crippen LogP contribution in [0.3, 0.4) is 0 Å². The lowest BCUT2D eigenvalue weighted by Gasteiger charge is -2.44. The van der Waals surface area contributed by atoms with Crippen LogP contribution in [0, 0.1) is 6.92 Å². The van der Waals surface area contributed by atoms with Crippen LogP contribution >= 0.6 is 0 Å². The molecule has 0 radical (unpaired) electrons. The minimum atomic E-state index is -0.251. The zero-order valence-corrected chi connectivity index (χ0v) is 19.2. The molecule has 2 aliphatic rings. The molecular weight excluding hydrogens is 414 g/mol. The molecule has 4 N–H and O–H groups in total. The minimum Gasteiger partial charge on any atom is -0.497 e. The zero-order valence-electron chi connectivity index (χ0n) is 19.2. The van der Waals surface area contributed by atoms with Gasteiger partial charge in [-0.15, -0.1) is 0 Å². The van der Waals surface area contributed by atoms with Gasteiger partial charge in [0.1, 0.15) is 24.3 Å². The van der Waals surface area contributed by atoms with Crippen LogP contribution in [0.4, 0.5) is 11.4 Å². The Labute approximate surface area is 195 Å². The summed E-state index contributed by atoms with van der Waals surface area (Å²) >= 11 is 0. The van der Waals surface area contributed by atoms with Gasteiger partial charge >= 0.3 is 0 Å². The van der Waals surface area contributed by atoms with Gasteiger partial charge in [-0.2, -0.15) is 0 Å². The number of aryl methyl sites for hydroxylation is 1. The first kappa shape index (κ1) is 21.7. The lowest BCUT2D eigenvalue weighted by atomic mass is 10.0. The highest BCUT2D eigenvalue weighted by atomic mass is 16.6. The first-order valence-corrected chi connectivity index (χ1v) is 11.4. The number of nitrogens with zero attached hydrogens (tertiary/aromatic N) is 1. The largest absolute Gasteiger partial charge is 0.497 e. The molecule has 0 spiro atoms. The molecule has 0 amide bonds. The van der Waals surface area contributed by atoms with Crippen molar-refractivity contribution in [2.45, 2.75) is 38.6 Å². The number of hydrogen-bond donors (Lipinski definition) is 4. The summed E-state index contributed by atoms with van der Waals surface area (Å²) in [5, 5.41) is 7.41. The SMILES string of the molecule is CCN1c2ccccc2C(Nc2cccc(OC)c2)NC1C1NNC(c2cccc(C)c2)O1. The Kier molecular flexibility index (Phi) is 6.20. The third-order valence-electron chi connectivity index (χ3n) is 6.22. The van der Waals surface area contributed by atoms with Gasteiger partial charge < -0.3 is 19.7 Å². The molecule has 1 fully saturated rings. The molecule has 2 heterocycles. The predicted molar refractivity (Wildman–Crippen MR) is 131 cm³/mol. The van der Waals surface area contributed by atoms with Crippen LogP contribution in [-0.2, 0) is 4.74 Å². The van der Waals surface area contributed by atoms with Crippen molar-refractivity contribution in [1.82, 2.24) is 16.2 Å². The molecule has 4 atom stereocenters. The van der Waals surface area contributed by atoms with Gasteiger partial charge in [-0.25, -0.2) is 10.9 Å². The van der Waals surface area contributed by atoms with Gasteiger partial charge in [0.2, 0.25) is 0 Å². The fourth-order valence-corrected chi connectivity index (χ4v) is 4.63. The van der Waals surface area contributed by atoms with E-state index in [1.165, 1.54) is 16.8 Å². The number of ether oxygens (including phenoxy) is 2. The van der Waals surface area contributed by atoms with Gasteiger partial charge in [-0.1, -0.05) is 54.1 Å². The second kappa shape index (κ2) is 9.41. The van der Waals surface area contributed by atoms with Gasteiger partial charge in [0.15, 0.2) is 6.23 Å². The monoisotopic (exact) mass is 445 g/mol. The van der Waals surface area contributed by atoms with Crippen molar-refractivity contribution >= 4 is 11.4 Å². The first-order valence-electron chi connectivity index (χ1n) is 11.4. The Bertz CT molecular complexity index is 1110. The highest BCUT2D eigenvalue weighted by molar-refractivity contribution is 5.61. The summed E-state index contributed by atoms with van der Waals surface area (Å²) in [6, 6.07) is 24.9. The Balaban J connectivity index is 1.41. The van der Waals surface area contributed by atoms with Crippen molar-refractivity contribution < 1.29 is 9.47 Å². The molecule has 7 heteroatoms. The number of rotatable bonds is 6. The van der Waals surface area contributed by atoms with Gasteiger partial charge in [0, 0.05) is 29.5 Å². The number of fused-ring (bicyclic) bond motifs is 1. The number of nitrogens with one attached hydrogen (secondary N) is 4. The Hall–Kier alpha value is -3.10. The molecule has 1 saturated heterocycles. The average molecular weight is 446 g/mol. The van der Waals surface area contributed by atoms with E-state index in [2.05, 4.69) is 88.8 Å². The molecule has 4 unspecified atom stereocenters. The number of methoxy groups -OCH3 is 1. The van der Waals surface area contributed by atoms with Crippen molar-refractivity contribution in [3.63, 3.8) is 0 Å². The van der Waals surface area contributed by atoms with Crippen molar-refractivity contribution in [3.05, 3.63) is 89.5 Å². The fraction of sp³-hybridized carbons (Fsp3) is 0.308. The molecule has 0 bridgehead atoms. The summed E-state index contributed by atoms with van der Waals surface area (Å²) in [6.45, 7) is 5.11. The van der Waals surface area contributed by atoms with E-state index in [1.54, 1.807) is 7.11 Å². The average Bonchev–Trinajstić information content (AvgIpc) is 3.34. The maximum absolute atomic E-state index is 6.45. The third-order valence-corrected chi connectivity index (χ3v) is 6.22. The van der Waals surface area contributed by atoms with Gasteiger partial charge in [0.05, 0.1) is 7.11 Å². The molecule has 5 rings (SSSR count). The van der Waals surface area contributed by atoms with E-state index < -0.39 is 0 Å². The summed E-state index contributed by atoms with van der Waals surface area (Å²) in [4.78, 5) is 2.34. The number of hydrogen-bond acceptors (Lipinski definition) is 7. The van der Waals surface area contributed by atoms with Crippen LogP contribution < -0.4 is 31.1 Å². The number of para-hydroxylation sites is 1. The van der Waals surface area contributed by atoms with Crippen LogP contribution in [0.2, 0.25) is 0 Å². The highest BCUT2D eigenvalue weighted by Gasteiger charge is 2.40. The summed E-state index contributed by atoms with van der Waals surface area (Å²) in [5.41, 5.74) is 12.4. The smallest absolute Gasteiger partial charge is 0.157 e. The van der Waals surface area contributed by atoms with E-state index in [9.17, 15) is 0 Å². The summed E-state index contributed by atoms with van der Waals surface area (Å²) in [7, 11) is 1.68. The predicted octanol–water partition coefficient (Wildman–Crippen LogP) is 4.02. The Morgan fingerprint density at radius 3 is 2.67 bits per heavy atom. The van der Waals surface area contributed by atoms with Crippen LogP contribution in [0.1, 0.15) is 36.0 Å². The van der Waals surface area contributed by atoms with Crippen molar-refractivity contribution in [1.29, 1.82) is 0 Å². The summed E-state index contributed by atoms with van der Waals surface area (Å²) in [6.07, 6.45) is -0.643. The topological polar surface area (TPSA) is 69.8 Å². The molecular formula is C26H31N5O2. The molecule has 172 valence electrons.